The van der Waals surface area contributed by atoms with Crippen LogP contribution in [0.4, 0.5) is 5.69 Å². The molecule has 33 heavy (non-hydrogen) atoms. The van der Waals surface area contributed by atoms with Crippen molar-refractivity contribution in [1.29, 1.82) is 0 Å². The van der Waals surface area contributed by atoms with Crippen LogP contribution >= 0.6 is 11.6 Å². The van der Waals surface area contributed by atoms with Crippen LogP contribution in [0.1, 0.15) is 27.3 Å². The third kappa shape index (κ3) is 5.26. The van der Waals surface area contributed by atoms with Crippen LogP contribution in [0.5, 0.6) is 11.5 Å². The van der Waals surface area contributed by atoms with Crippen LogP contribution in [0.3, 0.4) is 0 Å². The molecule has 0 radical (unpaired) electrons. The monoisotopic (exact) mass is 491 g/mol. The van der Waals surface area contributed by atoms with Gasteiger partial charge in [-0.2, -0.15) is 0 Å². The molecular weight excluding hydrogens is 466 g/mol. The molecule has 0 unspecified atom stereocenters. The summed E-state index contributed by atoms with van der Waals surface area (Å²) < 4.78 is 41.0. The van der Waals surface area contributed by atoms with E-state index in [4.69, 9.17) is 21.1 Å². The van der Waals surface area contributed by atoms with Gasteiger partial charge in [-0.15, -0.1) is 0 Å². The highest BCUT2D eigenvalue weighted by Gasteiger charge is 2.21. The fraction of sp³-hybridized carbons (Fsp3) is 0.261. The minimum atomic E-state index is -4.04. The second kappa shape index (κ2) is 9.76. The van der Waals surface area contributed by atoms with E-state index in [9.17, 15) is 13.2 Å². The lowest BCUT2D eigenvalue weighted by Crippen LogP contribution is -2.25. The molecular formula is C23H26ClN3O5S. The van der Waals surface area contributed by atoms with E-state index in [2.05, 4.69) is 10.0 Å². The van der Waals surface area contributed by atoms with E-state index in [1.807, 2.05) is 30.7 Å². The van der Waals surface area contributed by atoms with Gasteiger partial charge in [0.1, 0.15) is 11.5 Å². The van der Waals surface area contributed by atoms with Gasteiger partial charge in [0, 0.05) is 30.1 Å². The molecule has 2 aromatic carbocycles. The number of rotatable bonds is 8. The molecule has 1 heterocycles. The molecule has 0 fully saturated rings. The molecule has 0 bridgehead atoms. The highest BCUT2D eigenvalue weighted by molar-refractivity contribution is 7.92. The predicted octanol–water partition coefficient (Wildman–Crippen LogP) is 4.04. The zero-order chi connectivity index (χ0) is 24.3. The molecule has 0 atom stereocenters. The maximum absolute atomic E-state index is 13.1. The largest absolute Gasteiger partial charge is 0.495 e. The minimum absolute atomic E-state index is 0.0676. The molecule has 176 valence electrons. The first-order chi connectivity index (χ1) is 15.6. The van der Waals surface area contributed by atoms with Crippen molar-refractivity contribution in [2.24, 2.45) is 7.05 Å². The van der Waals surface area contributed by atoms with Crippen molar-refractivity contribution in [2.75, 3.05) is 18.9 Å². The molecule has 3 rings (SSSR count). The van der Waals surface area contributed by atoms with Crippen LogP contribution in [-0.4, -0.2) is 33.1 Å². The number of sulfonamides is 1. The van der Waals surface area contributed by atoms with Crippen LogP contribution in [0.15, 0.2) is 47.4 Å². The molecule has 1 amide bonds. The van der Waals surface area contributed by atoms with Gasteiger partial charge in [-0.1, -0.05) is 17.7 Å². The van der Waals surface area contributed by atoms with E-state index in [0.29, 0.717) is 17.9 Å². The molecule has 0 aliphatic rings. The Morgan fingerprint density at radius 1 is 1.03 bits per heavy atom. The van der Waals surface area contributed by atoms with E-state index in [0.717, 1.165) is 11.4 Å². The molecule has 10 heteroatoms. The summed E-state index contributed by atoms with van der Waals surface area (Å²) >= 11 is 6.15. The zero-order valence-corrected chi connectivity index (χ0v) is 20.6. The van der Waals surface area contributed by atoms with Gasteiger partial charge in [0.15, 0.2) is 0 Å². The lowest BCUT2D eigenvalue weighted by atomic mass is 10.1. The average Bonchev–Trinajstić information content (AvgIpc) is 3.09. The van der Waals surface area contributed by atoms with Gasteiger partial charge in [0.2, 0.25) is 0 Å². The molecule has 2 N–H and O–H groups in total. The van der Waals surface area contributed by atoms with E-state index in [-0.39, 0.29) is 32.8 Å². The Hall–Kier alpha value is -3.17. The van der Waals surface area contributed by atoms with Crippen molar-refractivity contribution in [1.82, 2.24) is 9.88 Å². The van der Waals surface area contributed by atoms with Crippen molar-refractivity contribution in [3.8, 4) is 11.5 Å². The van der Waals surface area contributed by atoms with Crippen molar-refractivity contribution in [3.05, 3.63) is 70.0 Å². The molecule has 0 aliphatic carbocycles. The smallest absolute Gasteiger partial charge is 0.262 e. The first kappa shape index (κ1) is 24.5. The van der Waals surface area contributed by atoms with Crippen molar-refractivity contribution >= 4 is 33.2 Å². The number of aryl methyl sites for hydroxylation is 2. The predicted molar refractivity (Wildman–Crippen MR) is 128 cm³/mol. The topological polar surface area (TPSA) is 98.7 Å². The number of nitrogens with zero attached hydrogens (tertiary/aromatic N) is 1. The quantitative estimate of drug-likeness (QED) is 0.495. The van der Waals surface area contributed by atoms with Gasteiger partial charge in [-0.3, -0.25) is 9.52 Å². The third-order valence-electron chi connectivity index (χ3n) is 5.39. The van der Waals surface area contributed by atoms with E-state index in [1.54, 1.807) is 13.0 Å². The van der Waals surface area contributed by atoms with E-state index >= 15 is 0 Å². The third-order valence-corrected chi connectivity index (χ3v) is 7.05. The van der Waals surface area contributed by atoms with E-state index in [1.165, 1.54) is 38.5 Å². The van der Waals surface area contributed by atoms with Crippen LogP contribution in [0.2, 0.25) is 5.02 Å². The fourth-order valence-electron chi connectivity index (χ4n) is 3.27. The summed E-state index contributed by atoms with van der Waals surface area (Å²) in [5.41, 5.74) is 3.08. The second-order valence-electron chi connectivity index (χ2n) is 7.48. The summed E-state index contributed by atoms with van der Waals surface area (Å²) in [7, 11) is 0.731. The van der Waals surface area contributed by atoms with Crippen LogP contribution < -0.4 is 19.5 Å². The fourth-order valence-corrected chi connectivity index (χ4v) is 4.59. The van der Waals surface area contributed by atoms with Crippen molar-refractivity contribution < 1.29 is 22.7 Å². The van der Waals surface area contributed by atoms with Gasteiger partial charge < -0.3 is 19.4 Å². The number of carbonyl (C=O) groups excluding carboxylic acids is 1. The summed E-state index contributed by atoms with van der Waals surface area (Å²) in [5, 5.41) is 3.07. The van der Waals surface area contributed by atoms with Gasteiger partial charge >= 0.3 is 0 Å². The maximum atomic E-state index is 13.1. The van der Waals surface area contributed by atoms with Crippen LogP contribution in [0, 0.1) is 13.8 Å². The molecule has 0 saturated carbocycles. The number of ether oxygens (including phenoxy) is 2. The Bertz CT molecular complexity index is 1300. The number of carbonyl (C=O) groups is 1. The normalized spacial score (nSPS) is 11.2. The average molecular weight is 492 g/mol. The summed E-state index contributed by atoms with van der Waals surface area (Å²) in [6, 6.07) is 11.2. The molecule has 0 aliphatic heterocycles. The summed E-state index contributed by atoms with van der Waals surface area (Å²) in [4.78, 5) is 12.8. The van der Waals surface area contributed by atoms with Crippen molar-refractivity contribution in [2.45, 2.75) is 25.3 Å². The van der Waals surface area contributed by atoms with Crippen LogP contribution in [-0.2, 0) is 23.6 Å². The Kier molecular flexibility index (Phi) is 7.24. The number of anilines is 1. The Balaban J connectivity index is 1.86. The Labute approximate surface area is 198 Å². The lowest BCUT2D eigenvalue weighted by molar-refractivity contribution is 0.0949. The minimum Gasteiger partial charge on any atom is -0.495 e. The molecule has 0 spiro atoms. The first-order valence-corrected chi connectivity index (χ1v) is 11.9. The second-order valence-corrected chi connectivity index (χ2v) is 9.57. The number of hydrogen-bond donors (Lipinski definition) is 2. The number of methoxy groups -OCH3 is 2. The SMILES string of the molecule is COc1cc(OC)c(NS(=O)(=O)c2ccc(C)c(C(=O)NCc3ccc(C)n3C)c2)cc1Cl. The van der Waals surface area contributed by atoms with Gasteiger partial charge in [0.25, 0.3) is 15.9 Å². The van der Waals surface area contributed by atoms with Gasteiger partial charge in [-0.25, -0.2) is 8.42 Å². The molecule has 0 saturated heterocycles. The highest BCUT2D eigenvalue weighted by atomic mass is 35.5. The number of aromatic nitrogens is 1. The number of nitrogens with one attached hydrogen (secondary N) is 2. The molecule has 3 aromatic rings. The number of amides is 1. The Morgan fingerprint density at radius 2 is 1.73 bits per heavy atom. The number of halogens is 1. The maximum Gasteiger partial charge on any atom is 0.262 e. The number of benzene rings is 2. The van der Waals surface area contributed by atoms with Gasteiger partial charge in [-0.05, 0) is 49.7 Å². The highest BCUT2D eigenvalue weighted by Crippen LogP contribution is 2.37. The van der Waals surface area contributed by atoms with Crippen molar-refractivity contribution in [3.63, 3.8) is 0 Å². The molecule has 8 nitrogen and oxygen atoms in total. The zero-order valence-electron chi connectivity index (χ0n) is 19.0. The van der Waals surface area contributed by atoms with Gasteiger partial charge in [0.05, 0.1) is 36.4 Å². The molecule has 1 aromatic heterocycles. The Morgan fingerprint density at radius 3 is 2.33 bits per heavy atom. The van der Waals surface area contributed by atoms with Crippen LogP contribution in [0.25, 0.3) is 0 Å². The summed E-state index contributed by atoms with van der Waals surface area (Å²) in [6.45, 7) is 4.04. The summed E-state index contributed by atoms with van der Waals surface area (Å²) in [6.07, 6.45) is 0. The first-order valence-electron chi connectivity index (χ1n) is 10.0. The number of hydrogen-bond acceptors (Lipinski definition) is 5. The summed E-state index contributed by atoms with van der Waals surface area (Å²) in [5.74, 6) is 0.218. The lowest BCUT2D eigenvalue weighted by Gasteiger charge is -2.15. The van der Waals surface area contributed by atoms with E-state index < -0.39 is 10.0 Å². The standard InChI is InChI=1S/C23H26ClN3O5S/c1-14-6-9-17(10-18(14)23(28)25-13-16-8-7-15(2)27(16)3)33(29,30)26-20-11-19(24)21(31-4)12-22(20)32-5/h6-12,26H,13H2,1-5H3,(H,25,28).